The van der Waals surface area contributed by atoms with E-state index in [1.54, 1.807) is 51.7 Å². The van der Waals surface area contributed by atoms with Gasteiger partial charge in [-0.25, -0.2) is 4.98 Å². The predicted molar refractivity (Wildman–Crippen MR) is 124 cm³/mol. The molecule has 2 heterocycles. The normalized spacial score (nSPS) is 10.9. The van der Waals surface area contributed by atoms with Gasteiger partial charge in [0.1, 0.15) is 22.5 Å². The summed E-state index contributed by atoms with van der Waals surface area (Å²) in [7, 11) is 6.15. The van der Waals surface area contributed by atoms with Crippen LogP contribution < -0.4 is 29.8 Å². The number of benzene rings is 2. The lowest BCUT2D eigenvalue weighted by molar-refractivity contribution is -0.116. The lowest BCUT2D eigenvalue weighted by atomic mass is 10.2. The number of nitrogens with one attached hydrogen (secondary N) is 2. The molecule has 10 nitrogen and oxygen atoms in total. The Bertz CT molecular complexity index is 1390. The van der Waals surface area contributed by atoms with Gasteiger partial charge in [-0.15, -0.1) is 0 Å². The third-order valence-corrected chi connectivity index (χ3v) is 5.34. The largest absolute Gasteiger partial charge is 0.497 e. The summed E-state index contributed by atoms with van der Waals surface area (Å²) >= 11 is 0. The number of amides is 1. The molecule has 172 valence electrons. The van der Waals surface area contributed by atoms with Crippen molar-refractivity contribution < 1.29 is 23.7 Å². The minimum absolute atomic E-state index is 0.0648. The van der Waals surface area contributed by atoms with Crippen LogP contribution >= 0.6 is 0 Å². The molecule has 0 atom stereocenters. The molecule has 0 aliphatic heterocycles. The molecule has 10 heteroatoms. The molecule has 0 saturated carbocycles. The van der Waals surface area contributed by atoms with E-state index in [1.807, 2.05) is 0 Å². The lowest BCUT2D eigenvalue weighted by Crippen LogP contribution is -2.23. The van der Waals surface area contributed by atoms with Crippen LogP contribution in [0.1, 0.15) is 6.42 Å². The highest BCUT2D eigenvalue weighted by atomic mass is 16.5. The van der Waals surface area contributed by atoms with Crippen LogP contribution in [0.4, 0.5) is 5.69 Å². The minimum atomic E-state index is -0.278. The summed E-state index contributed by atoms with van der Waals surface area (Å²) in [5.74, 6) is 1.90. The number of fused-ring (bicyclic) bond motifs is 3. The van der Waals surface area contributed by atoms with Crippen molar-refractivity contribution in [1.29, 1.82) is 0 Å². The summed E-state index contributed by atoms with van der Waals surface area (Å²) in [6, 6.07) is 8.65. The highest BCUT2D eigenvalue weighted by Crippen LogP contribution is 2.34. The summed E-state index contributed by atoms with van der Waals surface area (Å²) in [6.07, 6.45) is 1.50. The average Bonchev–Trinajstić information content (AvgIpc) is 3.20. The zero-order chi connectivity index (χ0) is 23.5. The summed E-state index contributed by atoms with van der Waals surface area (Å²) in [5.41, 5.74) is 1.78. The van der Waals surface area contributed by atoms with Crippen molar-refractivity contribution in [2.45, 2.75) is 13.0 Å². The number of aromatic nitrogens is 3. The van der Waals surface area contributed by atoms with Gasteiger partial charge in [0.05, 0.1) is 46.0 Å². The molecule has 0 saturated heterocycles. The Morgan fingerprint density at radius 2 is 1.73 bits per heavy atom. The summed E-state index contributed by atoms with van der Waals surface area (Å²) in [5, 5.41) is 3.54. The second-order valence-electron chi connectivity index (χ2n) is 7.21. The molecule has 2 aromatic carbocycles. The molecule has 0 unspecified atom stereocenters. The summed E-state index contributed by atoms with van der Waals surface area (Å²) < 4.78 is 22.6. The van der Waals surface area contributed by atoms with Crippen LogP contribution in [-0.4, -0.2) is 48.9 Å². The zero-order valence-corrected chi connectivity index (χ0v) is 18.7. The molecule has 0 radical (unpaired) electrons. The third kappa shape index (κ3) is 4.14. The van der Waals surface area contributed by atoms with Crippen molar-refractivity contribution >= 4 is 33.5 Å². The van der Waals surface area contributed by atoms with Crippen molar-refractivity contribution in [1.82, 2.24) is 14.5 Å². The van der Waals surface area contributed by atoms with Gasteiger partial charge >= 0.3 is 0 Å². The monoisotopic (exact) mass is 452 g/mol. The Kier molecular flexibility index (Phi) is 6.07. The van der Waals surface area contributed by atoms with Crippen LogP contribution in [0.3, 0.4) is 0 Å². The minimum Gasteiger partial charge on any atom is -0.497 e. The number of nitrogens with zero attached hydrogens (tertiary/aromatic N) is 2. The van der Waals surface area contributed by atoms with Gasteiger partial charge in [0, 0.05) is 30.5 Å². The molecular weight excluding hydrogens is 428 g/mol. The molecular formula is C23H24N4O6. The number of carbonyl (C=O) groups excluding carboxylic acids is 1. The molecule has 2 N–H and O–H groups in total. The first kappa shape index (κ1) is 22.0. The Morgan fingerprint density at radius 3 is 2.42 bits per heavy atom. The number of aryl methyl sites for hydroxylation is 1. The van der Waals surface area contributed by atoms with Crippen molar-refractivity contribution in [3.8, 4) is 23.0 Å². The Hall–Kier alpha value is -4.21. The topological polar surface area (TPSA) is 117 Å². The van der Waals surface area contributed by atoms with Gasteiger partial charge < -0.3 is 29.2 Å². The number of methoxy groups -OCH3 is 4. The number of hydrogen-bond acceptors (Lipinski definition) is 7. The number of aromatic amines is 1. The van der Waals surface area contributed by atoms with E-state index in [4.69, 9.17) is 18.9 Å². The first-order valence-electron chi connectivity index (χ1n) is 10.1. The first-order valence-corrected chi connectivity index (χ1v) is 10.1. The maximum absolute atomic E-state index is 13.0. The fourth-order valence-corrected chi connectivity index (χ4v) is 3.62. The molecule has 2 aromatic heterocycles. The fraction of sp³-hybridized carbons (Fsp3) is 0.261. The van der Waals surface area contributed by atoms with E-state index in [-0.39, 0.29) is 24.4 Å². The van der Waals surface area contributed by atoms with Gasteiger partial charge in [0.25, 0.3) is 5.56 Å². The molecule has 0 spiro atoms. The predicted octanol–water partition coefficient (Wildman–Crippen LogP) is 2.94. The number of carbonyl (C=O) groups is 1. The molecule has 33 heavy (non-hydrogen) atoms. The summed E-state index contributed by atoms with van der Waals surface area (Å²) in [4.78, 5) is 33.1. The lowest BCUT2D eigenvalue weighted by Gasteiger charge is -2.12. The van der Waals surface area contributed by atoms with Crippen molar-refractivity contribution in [2.75, 3.05) is 33.8 Å². The second-order valence-corrected chi connectivity index (χ2v) is 7.21. The van der Waals surface area contributed by atoms with E-state index in [9.17, 15) is 9.59 Å². The van der Waals surface area contributed by atoms with E-state index in [1.165, 1.54) is 18.0 Å². The Balaban J connectivity index is 1.57. The molecule has 4 rings (SSSR count). The van der Waals surface area contributed by atoms with Crippen LogP contribution in [0.5, 0.6) is 23.0 Å². The molecule has 4 aromatic rings. The highest BCUT2D eigenvalue weighted by Gasteiger charge is 2.16. The van der Waals surface area contributed by atoms with E-state index < -0.39 is 0 Å². The average molecular weight is 452 g/mol. The maximum Gasteiger partial charge on any atom is 0.277 e. The number of anilines is 1. The first-order chi connectivity index (χ1) is 16.0. The Morgan fingerprint density at radius 1 is 1.00 bits per heavy atom. The number of rotatable bonds is 8. The number of H-pyrrole nitrogens is 1. The van der Waals surface area contributed by atoms with Crippen molar-refractivity contribution in [3.05, 3.63) is 47.0 Å². The quantitative estimate of drug-likeness (QED) is 0.422. The fourth-order valence-electron chi connectivity index (χ4n) is 3.62. The molecule has 0 fully saturated rings. The summed E-state index contributed by atoms with van der Waals surface area (Å²) in [6.45, 7) is 0.155. The van der Waals surface area contributed by atoms with Gasteiger partial charge in [0.15, 0.2) is 11.5 Å². The standard InChI is InChI=1S/C23H24N4O6/c1-30-13-5-6-17(31-2)16(9-13)25-20(28)7-8-27-12-24-21-14-10-18(32-3)19(33-4)11-15(14)26-22(21)23(27)29/h5-6,9-12,26H,7-8H2,1-4H3,(H,25,28). The van der Waals surface area contributed by atoms with Crippen LogP contribution in [0.15, 0.2) is 41.5 Å². The van der Waals surface area contributed by atoms with Gasteiger partial charge in [-0.05, 0) is 18.2 Å². The smallest absolute Gasteiger partial charge is 0.277 e. The van der Waals surface area contributed by atoms with E-state index in [0.29, 0.717) is 45.2 Å². The van der Waals surface area contributed by atoms with Gasteiger partial charge in [-0.2, -0.15) is 0 Å². The van der Waals surface area contributed by atoms with Crippen molar-refractivity contribution in [3.63, 3.8) is 0 Å². The number of ether oxygens (including phenoxy) is 4. The number of hydrogen-bond donors (Lipinski definition) is 2. The van der Waals surface area contributed by atoms with Crippen LogP contribution in [0.25, 0.3) is 21.9 Å². The van der Waals surface area contributed by atoms with Crippen LogP contribution in [0, 0.1) is 0 Å². The van der Waals surface area contributed by atoms with Gasteiger partial charge in [-0.3, -0.25) is 14.2 Å². The molecule has 0 aliphatic carbocycles. The van der Waals surface area contributed by atoms with E-state index >= 15 is 0 Å². The molecule has 0 bridgehead atoms. The zero-order valence-electron chi connectivity index (χ0n) is 18.7. The SMILES string of the molecule is COc1ccc(OC)c(NC(=O)CCn2cnc3c([nH]c4cc(OC)c(OC)cc43)c2=O)c1. The Labute approximate surface area is 189 Å². The van der Waals surface area contributed by atoms with E-state index in [0.717, 1.165) is 5.39 Å². The molecule has 0 aliphatic rings. The van der Waals surface area contributed by atoms with E-state index in [2.05, 4.69) is 15.3 Å². The van der Waals surface area contributed by atoms with Gasteiger partial charge in [0.2, 0.25) is 5.91 Å². The second kappa shape index (κ2) is 9.11. The maximum atomic E-state index is 13.0. The van der Waals surface area contributed by atoms with Crippen LogP contribution in [-0.2, 0) is 11.3 Å². The van der Waals surface area contributed by atoms with Gasteiger partial charge in [-0.1, -0.05) is 0 Å². The van der Waals surface area contributed by atoms with Crippen molar-refractivity contribution in [2.24, 2.45) is 0 Å². The van der Waals surface area contributed by atoms with Crippen LogP contribution in [0.2, 0.25) is 0 Å². The highest BCUT2D eigenvalue weighted by molar-refractivity contribution is 6.05. The molecule has 1 amide bonds. The third-order valence-electron chi connectivity index (χ3n) is 5.34.